The Morgan fingerprint density at radius 1 is 1.26 bits per heavy atom. The van der Waals surface area contributed by atoms with Crippen LogP contribution in [0.25, 0.3) is 0 Å². The number of pyridine rings is 1. The van der Waals surface area contributed by atoms with Crippen LogP contribution >= 0.6 is 0 Å². The maximum absolute atomic E-state index is 11.9. The quantitative estimate of drug-likeness (QED) is 0.828. The van der Waals surface area contributed by atoms with Gasteiger partial charge >= 0.3 is 5.91 Å². The van der Waals surface area contributed by atoms with E-state index < -0.39 is 0 Å². The molecule has 0 bridgehead atoms. The predicted octanol–water partition coefficient (Wildman–Crippen LogP) is 2.31. The second-order valence-corrected chi connectivity index (χ2v) is 4.56. The Morgan fingerprint density at radius 3 is 2.95 bits per heavy atom. The molecule has 1 aliphatic rings. The third-order valence-corrected chi connectivity index (χ3v) is 3.19. The highest BCUT2D eigenvalue weighted by Crippen LogP contribution is 2.24. The van der Waals surface area contributed by atoms with Gasteiger partial charge in [0.2, 0.25) is 0 Å². The molecule has 2 aromatic heterocycles. The summed E-state index contributed by atoms with van der Waals surface area (Å²) in [7, 11) is 0. The maximum atomic E-state index is 11.9. The van der Waals surface area contributed by atoms with Crippen molar-refractivity contribution >= 4 is 11.7 Å². The van der Waals surface area contributed by atoms with Gasteiger partial charge in [0.05, 0.1) is 0 Å². The van der Waals surface area contributed by atoms with Gasteiger partial charge in [-0.25, -0.2) is 4.98 Å². The van der Waals surface area contributed by atoms with Crippen molar-refractivity contribution in [3.8, 4) is 0 Å². The van der Waals surface area contributed by atoms with Gasteiger partial charge < -0.3 is 4.42 Å². The second kappa shape index (κ2) is 5.14. The minimum absolute atomic E-state index is 0.278. The Bertz CT molecular complexity index is 554. The highest BCUT2D eigenvalue weighted by atomic mass is 16.4. The van der Waals surface area contributed by atoms with Crippen molar-refractivity contribution in [1.82, 2.24) is 10.4 Å². The maximum Gasteiger partial charge on any atom is 0.305 e. The third kappa shape index (κ3) is 2.59. The number of carbonyl (C=O) groups is 1. The Labute approximate surface area is 111 Å². The molecule has 3 rings (SSSR count). The number of nitrogens with zero attached hydrogens (tertiary/aromatic N) is 1. The standard InChI is InChI=1S/C14H15N3O2/c18-14(17-16-13-7-3-4-8-15-13)12-9-10-5-1-2-6-11(10)19-12/h3-4,7-9H,1-2,5-6H2,(H,15,16)(H,17,18). The van der Waals surface area contributed by atoms with Gasteiger partial charge in [0.25, 0.3) is 0 Å². The lowest BCUT2D eigenvalue weighted by molar-refractivity contribution is 0.0933. The Balaban J connectivity index is 1.65. The van der Waals surface area contributed by atoms with Crippen LogP contribution in [-0.4, -0.2) is 10.9 Å². The smallest absolute Gasteiger partial charge is 0.305 e. The van der Waals surface area contributed by atoms with E-state index in [4.69, 9.17) is 4.42 Å². The fraction of sp³-hybridized carbons (Fsp3) is 0.286. The molecule has 98 valence electrons. The first-order chi connectivity index (χ1) is 9.33. The number of aromatic nitrogens is 1. The summed E-state index contributed by atoms with van der Waals surface area (Å²) in [5.74, 6) is 1.62. The molecule has 0 aliphatic heterocycles. The van der Waals surface area contributed by atoms with Crippen LogP contribution in [0.4, 0.5) is 5.82 Å². The van der Waals surface area contributed by atoms with E-state index in [2.05, 4.69) is 15.8 Å². The summed E-state index contributed by atoms with van der Waals surface area (Å²) in [5.41, 5.74) is 6.49. The summed E-state index contributed by atoms with van der Waals surface area (Å²) in [6, 6.07) is 7.26. The number of amides is 1. The van der Waals surface area contributed by atoms with Crippen LogP contribution in [0.1, 0.15) is 34.7 Å². The van der Waals surface area contributed by atoms with E-state index in [1.807, 2.05) is 18.2 Å². The minimum atomic E-state index is -0.278. The van der Waals surface area contributed by atoms with Crippen molar-refractivity contribution in [2.75, 3.05) is 5.43 Å². The van der Waals surface area contributed by atoms with Gasteiger partial charge in [0.1, 0.15) is 11.6 Å². The van der Waals surface area contributed by atoms with Crippen molar-refractivity contribution in [2.24, 2.45) is 0 Å². The van der Waals surface area contributed by atoms with Gasteiger partial charge in [-0.3, -0.25) is 15.6 Å². The molecule has 0 atom stereocenters. The van der Waals surface area contributed by atoms with E-state index in [9.17, 15) is 4.79 Å². The molecule has 2 heterocycles. The molecule has 19 heavy (non-hydrogen) atoms. The van der Waals surface area contributed by atoms with E-state index in [1.165, 1.54) is 6.42 Å². The lowest BCUT2D eigenvalue weighted by Gasteiger charge is -2.07. The van der Waals surface area contributed by atoms with Crippen molar-refractivity contribution in [2.45, 2.75) is 25.7 Å². The summed E-state index contributed by atoms with van der Waals surface area (Å²) < 4.78 is 5.58. The first-order valence-electron chi connectivity index (χ1n) is 6.42. The molecule has 2 aromatic rings. The molecule has 0 fully saturated rings. The lowest BCUT2D eigenvalue weighted by Crippen LogP contribution is -2.29. The normalized spacial score (nSPS) is 13.7. The number of aryl methyl sites for hydroxylation is 2. The Kier molecular flexibility index (Phi) is 3.18. The first kappa shape index (κ1) is 11.8. The summed E-state index contributed by atoms with van der Waals surface area (Å²) >= 11 is 0. The fourth-order valence-electron chi connectivity index (χ4n) is 2.22. The number of fused-ring (bicyclic) bond motifs is 1. The number of rotatable bonds is 3. The van der Waals surface area contributed by atoms with Crippen LogP contribution in [0.2, 0.25) is 0 Å². The number of nitrogens with one attached hydrogen (secondary N) is 2. The zero-order valence-corrected chi connectivity index (χ0v) is 10.5. The molecule has 1 aliphatic carbocycles. The average molecular weight is 257 g/mol. The summed E-state index contributed by atoms with van der Waals surface area (Å²) in [5, 5.41) is 0. The van der Waals surface area contributed by atoms with Crippen LogP contribution in [-0.2, 0) is 12.8 Å². The van der Waals surface area contributed by atoms with Crippen LogP contribution in [0.3, 0.4) is 0 Å². The number of furan rings is 1. The van der Waals surface area contributed by atoms with Gasteiger partial charge in [-0.05, 0) is 43.0 Å². The summed E-state index contributed by atoms with van der Waals surface area (Å²) in [6.45, 7) is 0. The largest absolute Gasteiger partial charge is 0.456 e. The zero-order valence-electron chi connectivity index (χ0n) is 10.5. The van der Waals surface area contributed by atoms with Gasteiger partial charge in [-0.1, -0.05) is 6.07 Å². The minimum Gasteiger partial charge on any atom is -0.456 e. The van der Waals surface area contributed by atoms with E-state index in [0.29, 0.717) is 11.6 Å². The zero-order chi connectivity index (χ0) is 13.1. The molecular weight excluding hydrogens is 242 g/mol. The summed E-state index contributed by atoms with van der Waals surface area (Å²) in [4.78, 5) is 16.0. The van der Waals surface area contributed by atoms with E-state index >= 15 is 0 Å². The molecule has 0 spiro atoms. The lowest BCUT2D eigenvalue weighted by atomic mass is 9.99. The van der Waals surface area contributed by atoms with Gasteiger partial charge in [0.15, 0.2) is 5.76 Å². The molecule has 0 saturated carbocycles. The van der Waals surface area contributed by atoms with Crippen molar-refractivity contribution in [3.05, 3.63) is 47.5 Å². The fourth-order valence-corrected chi connectivity index (χ4v) is 2.22. The number of hydrogen-bond donors (Lipinski definition) is 2. The SMILES string of the molecule is O=C(NNc1ccccn1)c1cc2c(o1)CCCC2. The van der Waals surface area contributed by atoms with Gasteiger partial charge in [-0.2, -0.15) is 0 Å². The van der Waals surface area contributed by atoms with Crippen LogP contribution in [0, 0.1) is 0 Å². The number of hydrogen-bond acceptors (Lipinski definition) is 4. The average Bonchev–Trinajstić information content (AvgIpc) is 2.90. The monoisotopic (exact) mass is 257 g/mol. The number of hydrazine groups is 1. The van der Waals surface area contributed by atoms with E-state index in [0.717, 1.165) is 30.6 Å². The van der Waals surface area contributed by atoms with Crippen molar-refractivity contribution < 1.29 is 9.21 Å². The molecule has 5 heteroatoms. The molecule has 0 unspecified atom stereocenters. The number of anilines is 1. The van der Waals surface area contributed by atoms with Gasteiger partial charge in [0, 0.05) is 12.6 Å². The predicted molar refractivity (Wildman–Crippen MR) is 70.7 cm³/mol. The first-order valence-corrected chi connectivity index (χ1v) is 6.42. The van der Waals surface area contributed by atoms with Crippen LogP contribution in [0.15, 0.2) is 34.9 Å². The highest BCUT2D eigenvalue weighted by Gasteiger charge is 2.18. The Morgan fingerprint density at radius 2 is 2.16 bits per heavy atom. The molecule has 2 N–H and O–H groups in total. The van der Waals surface area contributed by atoms with Gasteiger partial charge in [-0.15, -0.1) is 0 Å². The van der Waals surface area contributed by atoms with Crippen LogP contribution in [0.5, 0.6) is 0 Å². The van der Waals surface area contributed by atoms with Crippen LogP contribution < -0.4 is 10.9 Å². The molecule has 0 radical (unpaired) electrons. The second-order valence-electron chi connectivity index (χ2n) is 4.56. The highest BCUT2D eigenvalue weighted by molar-refractivity contribution is 5.92. The molecule has 0 saturated heterocycles. The Hall–Kier alpha value is -2.30. The molecular formula is C14H15N3O2. The molecule has 0 aromatic carbocycles. The summed E-state index contributed by atoms with van der Waals surface area (Å²) in [6.07, 6.45) is 5.88. The third-order valence-electron chi connectivity index (χ3n) is 3.19. The van der Waals surface area contributed by atoms with Crippen molar-refractivity contribution in [1.29, 1.82) is 0 Å². The number of carbonyl (C=O) groups excluding carboxylic acids is 1. The molecule has 5 nitrogen and oxygen atoms in total. The van der Waals surface area contributed by atoms with E-state index in [1.54, 1.807) is 12.3 Å². The molecule has 1 amide bonds. The van der Waals surface area contributed by atoms with E-state index in [-0.39, 0.29) is 5.91 Å². The van der Waals surface area contributed by atoms with Crippen molar-refractivity contribution in [3.63, 3.8) is 0 Å². The topological polar surface area (TPSA) is 67.2 Å².